The van der Waals surface area contributed by atoms with Crippen LogP contribution < -0.4 is 11.1 Å². The van der Waals surface area contributed by atoms with Gasteiger partial charge in [-0.05, 0) is 19.5 Å². The van der Waals surface area contributed by atoms with Crippen LogP contribution in [0.2, 0.25) is 0 Å². The summed E-state index contributed by atoms with van der Waals surface area (Å²) in [7, 11) is 0. The summed E-state index contributed by atoms with van der Waals surface area (Å²) >= 11 is 0. The van der Waals surface area contributed by atoms with E-state index < -0.39 is 0 Å². The second kappa shape index (κ2) is 6.37. The molecule has 1 rings (SSSR count). The van der Waals surface area contributed by atoms with E-state index in [0.717, 1.165) is 12.1 Å². The molecule has 4 heteroatoms. The van der Waals surface area contributed by atoms with Gasteiger partial charge >= 0.3 is 0 Å². The maximum absolute atomic E-state index is 5.82. The first-order valence-corrected chi connectivity index (χ1v) is 5.31. The van der Waals surface area contributed by atoms with Crippen molar-refractivity contribution >= 4 is 5.82 Å². The first-order valence-electron chi connectivity index (χ1n) is 5.31. The molecule has 0 amide bonds. The average Bonchev–Trinajstić information content (AvgIpc) is 2.25. The Morgan fingerprint density at radius 1 is 1.53 bits per heavy atom. The molecule has 1 aromatic heterocycles. The number of hydrogen-bond donors (Lipinski definition) is 2. The van der Waals surface area contributed by atoms with Crippen molar-refractivity contribution in [3.63, 3.8) is 0 Å². The normalized spacial score (nSPS) is 12.7. The molecule has 1 heterocycles. The summed E-state index contributed by atoms with van der Waals surface area (Å²) in [5.41, 5.74) is 6.82. The minimum absolute atomic E-state index is 0.128. The second-order valence-corrected chi connectivity index (χ2v) is 3.25. The number of nitrogens with two attached hydrogens (primary N) is 1. The number of nitrogens with zero attached hydrogens (tertiary/aromatic N) is 1. The van der Waals surface area contributed by atoms with Gasteiger partial charge in [0.15, 0.2) is 0 Å². The SMILES string of the molecule is CCNC(COCC)c1cccnc1N. The summed E-state index contributed by atoms with van der Waals surface area (Å²) in [5, 5.41) is 3.33. The quantitative estimate of drug-likeness (QED) is 0.742. The molecule has 0 bridgehead atoms. The van der Waals surface area contributed by atoms with E-state index in [4.69, 9.17) is 10.5 Å². The molecular formula is C11H19N3O. The van der Waals surface area contributed by atoms with E-state index in [1.807, 2.05) is 19.1 Å². The fraction of sp³-hybridized carbons (Fsp3) is 0.545. The zero-order valence-electron chi connectivity index (χ0n) is 9.36. The predicted molar refractivity (Wildman–Crippen MR) is 61.6 cm³/mol. The Kier molecular flexibility index (Phi) is 5.07. The number of nitrogen functional groups attached to an aromatic ring is 1. The maximum atomic E-state index is 5.82. The smallest absolute Gasteiger partial charge is 0.128 e. The zero-order valence-corrected chi connectivity index (χ0v) is 9.36. The van der Waals surface area contributed by atoms with Crippen molar-refractivity contribution in [3.8, 4) is 0 Å². The number of nitrogens with one attached hydrogen (secondary N) is 1. The third-order valence-corrected chi connectivity index (χ3v) is 2.19. The molecule has 1 atom stereocenters. The second-order valence-electron chi connectivity index (χ2n) is 3.25. The highest BCUT2D eigenvalue weighted by molar-refractivity contribution is 5.40. The predicted octanol–water partition coefficient (Wildman–Crippen LogP) is 1.35. The average molecular weight is 209 g/mol. The Bertz CT molecular complexity index is 291. The Hall–Kier alpha value is -1.13. The number of anilines is 1. The molecule has 1 aromatic rings. The molecule has 0 saturated heterocycles. The van der Waals surface area contributed by atoms with Crippen LogP contribution in [0.15, 0.2) is 18.3 Å². The van der Waals surface area contributed by atoms with Crippen LogP contribution in [0.25, 0.3) is 0 Å². The van der Waals surface area contributed by atoms with Gasteiger partial charge in [0.25, 0.3) is 0 Å². The number of ether oxygens (including phenoxy) is 1. The summed E-state index contributed by atoms with van der Waals surface area (Å²) in [5.74, 6) is 0.572. The van der Waals surface area contributed by atoms with Gasteiger partial charge in [-0.15, -0.1) is 0 Å². The standard InChI is InChI=1S/C11H19N3O/c1-3-13-10(8-15-4-2)9-6-5-7-14-11(9)12/h5-7,10,13H,3-4,8H2,1-2H3,(H2,12,14). The van der Waals surface area contributed by atoms with Crippen LogP contribution >= 0.6 is 0 Å². The van der Waals surface area contributed by atoms with E-state index in [9.17, 15) is 0 Å². The number of rotatable bonds is 6. The molecule has 0 aliphatic carbocycles. The summed E-state index contributed by atoms with van der Waals surface area (Å²) < 4.78 is 5.41. The lowest BCUT2D eigenvalue weighted by Crippen LogP contribution is -2.26. The van der Waals surface area contributed by atoms with Crippen LogP contribution in [-0.4, -0.2) is 24.7 Å². The van der Waals surface area contributed by atoms with Crippen molar-refractivity contribution in [2.24, 2.45) is 0 Å². The Morgan fingerprint density at radius 2 is 2.33 bits per heavy atom. The first-order chi connectivity index (χ1) is 7.29. The highest BCUT2D eigenvalue weighted by Gasteiger charge is 2.13. The van der Waals surface area contributed by atoms with Gasteiger partial charge in [0, 0.05) is 18.4 Å². The fourth-order valence-corrected chi connectivity index (χ4v) is 1.47. The molecule has 0 radical (unpaired) electrons. The lowest BCUT2D eigenvalue weighted by Gasteiger charge is -2.18. The minimum Gasteiger partial charge on any atom is -0.383 e. The lowest BCUT2D eigenvalue weighted by molar-refractivity contribution is 0.123. The number of hydrogen-bond acceptors (Lipinski definition) is 4. The minimum atomic E-state index is 0.128. The van der Waals surface area contributed by atoms with Gasteiger partial charge < -0.3 is 15.8 Å². The highest BCUT2D eigenvalue weighted by Crippen LogP contribution is 2.17. The van der Waals surface area contributed by atoms with Crippen LogP contribution in [-0.2, 0) is 4.74 Å². The van der Waals surface area contributed by atoms with E-state index in [2.05, 4.69) is 17.2 Å². The Balaban J connectivity index is 2.74. The molecule has 0 aromatic carbocycles. The molecule has 0 aliphatic heterocycles. The molecule has 1 unspecified atom stereocenters. The van der Waals surface area contributed by atoms with E-state index >= 15 is 0 Å². The van der Waals surface area contributed by atoms with Crippen LogP contribution in [0.1, 0.15) is 25.5 Å². The molecule has 84 valence electrons. The number of likely N-dealkylation sites (N-methyl/N-ethyl adjacent to an activating group) is 1. The molecule has 15 heavy (non-hydrogen) atoms. The van der Waals surface area contributed by atoms with E-state index in [1.165, 1.54) is 0 Å². The molecule has 3 N–H and O–H groups in total. The summed E-state index contributed by atoms with van der Waals surface area (Å²) in [6.45, 7) is 6.26. The van der Waals surface area contributed by atoms with Gasteiger partial charge in [0.1, 0.15) is 5.82 Å². The third kappa shape index (κ3) is 3.49. The van der Waals surface area contributed by atoms with Crippen molar-refractivity contribution < 1.29 is 4.74 Å². The molecule has 0 saturated carbocycles. The molecule has 0 spiro atoms. The van der Waals surface area contributed by atoms with Crippen molar-refractivity contribution in [1.29, 1.82) is 0 Å². The third-order valence-electron chi connectivity index (χ3n) is 2.19. The van der Waals surface area contributed by atoms with Gasteiger partial charge in [0.2, 0.25) is 0 Å². The Labute approximate surface area is 90.8 Å². The van der Waals surface area contributed by atoms with Gasteiger partial charge in [-0.3, -0.25) is 0 Å². The lowest BCUT2D eigenvalue weighted by atomic mass is 10.1. The summed E-state index contributed by atoms with van der Waals surface area (Å²) in [6, 6.07) is 4.00. The maximum Gasteiger partial charge on any atom is 0.128 e. The van der Waals surface area contributed by atoms with E-state index in [0.29, 0.717) is 19.0 Å². The monoisotopic (exact) mass is 209 g/mol. The fourth-order valence-electron chi connectivity index (χ4n) is 1.47. The summed E-state index contributed by atoms with van der Waals surface area (Å²) in [6.07, 6.45) is 1.70. The van der Waals surface area contributed by atoms with E-state index in [-0.39, 0.29) is 6.04 Å². The topological polar surface area (TPSA) is 60.2 Å². The van der Waals surface area contributed by atoms with E-state index in [1.54, 1.807) is 6.20 Å². The molecular weight excluding hydrogens is 190 g/mol. The number of aromatic nitrogens is 1. The molecule has 0 aliphatic rings. The highest BCUT2D eigenvalue weighted by atomic mass is 16.5. The van der Waals surface area contributed by atoms with Crippen LogP contribution in [0, 0.1) is 0 Å². The van der Waals surface area contributed by atoms with Gasteiger partial charge in [-0.1, -0.05) is 13.0 Å². The van der Waals surface area contributed by atoms with Crippen LogP contribution in [0.4, 0.5) is 5.82 Å². The first kappa shape index (κ1) is 11.9. The zero-order chi connectivity index (χ0) is 11.1. The number of pyridine rings is 1. The van der Waals surface area contributed by atoms with Crippen molar-refractivity contribution in [1.82, 2.24) is 10.3 Å². The summed E-state index contributed by atoms with van der Waals surface area (Å²) in [4.78, 5) is 4.07. The molecule has 4 nitrogen and oxygen atoms in total. The largest absolute Gasteiger partial charge is 0.383 e. The van der Waals surface area contributed by atoms with Gasteiger partial charge in [0.05, 0.1) is 12.6 Å². The van der Waals surface area contributed by atoms with Crippen molar-refractivity contribution in [2.75, 3.05) is 25.5 Å². The van der Waals surface area contributed by atoms with Crippen LogP contribution in [0.3, 0.4) is 0 Å². The Morgan fingerprint density at radius 3 is 2.93 bits per heavy atom. The van der Waals surface area contributed by atoms with Gasteiger partial charge in [-0.2, -0.15) is 0 Å². The van der Waals surface area contributed by atoms with Crippen molar-refractivity contribution in [3.05, 3.63) is 23.9 Å². The van der Waals surface area contributed by atoms with Crippen LogP contribution in [0.5, 0.6) is 0 Å². The molecule has 0 fully saturated rings. The van der Waals surface area contributed by atoms with Gasteiger partial charge in [-0.25, -0.2) is 4.98 Å². The van der Waals surface area contributed by atoms with Crippen molar-refractivity contribution in [2.45, 2.75) is 19.9 Å².